The van der Waals surface area contributed by atoms with Crippen molar-refractivity contribution in [2.45, 2.75) is 13.3 Å². The number of furan rings is 1. The highest BCUT2D eigenvalue weighted by molar-refractivity contribution is 6.30. The Bertz CT molecular complexity index is 916. The number of hydrogen-bond donors (Lipinski definition) is 0. The summed E-state index contributed by atoms with van der Waals surface area (Å²) in [4.78, 5) is 17.0. The molecular formula is C15H14ClN5O2. The third kappa shape index (κ3) is 2.24. The van der Waals surface area contributed by atoms with Crippen LogP contribution in [-0.4, -0.2) is 39.1 Å². The lowest BCUT2D eigenvalue weighted by molar-refractivity contribution is 0.0728. The smallest absolute Gasteiger partial charge is 0.292 e. The molecule has 0 atom stereocenters. The van der Waals surface area contributed by atoms with Crippen molar-refractivity contribution in [3.05, 3.63) is 46.8 Å². The Morgan fingerprint density at radius 3 is 3.04 bits per heavy atom. The van der Waals surface area contributed by atoms with Crippen molar-refractivity contribution in [2.24, 2.45) is 0 Å². The van der Waals surface area contributed by atoms with Crippen LogP contribution in [0.3, 0.4) is 0 Å². The first-order chi connectivity index (χ1) is 11.0. The number of hydrogen-bond acceptors (Lipinski definition) is 5. The minimum atomic E-state index is -0.182. The number of aromatic nitrogens is 3. The molecule has 7 nitrogen and oxygen atoms in total. The van der Waals surface area contributed by atoms with Crippen molar-refractivity contribution < 1.29 is 9.21 Å². The summed E-state index contributed by atoms with van der Waals surface area (Å²) in [6.07, 6.45) is 3.83. The van der Waals surface area contributed by atoms with Crippen LogP contribution in [0, 0.1) is 6.92 Å². The number of anilines is 1. The molecule has 23 heavy (non-hydrogen) atoms. The summed E-state index contributed by atoms with van der Waals surface area (Å²) in [6, 6.07) is 3.59. The summed E-state index contributed by atoms with van der Waals surface area (Å²) in [5.74, 6) is 1.55. The Morgan fingerprint density at radius 1 is 1.39 bits per heavy atom. The summed E-state index contributed by atoms with van der Waals surface area (Å²) < 4.78 is 7.15. The van der Waals surface area contributed by atoms with E-state index < -0.39 is 0 Å². The maximum atomic E-state index is 12.8. The second-order valence-corrected chi connectivity index (χ2v) is 5.91. The van der Waals surface area contributed by atoms with Gasteiger partial charge in [0.2, 0.25) is 0 Å². The molecule has 4 heterocycles. The molecule has 0 unspecified atom stereocenters. The van der Waals surface area contributed by atoms with Gasteiger partial charge in [-0.3, -0.25) is 9.80 Å². The summed E-state index contributed by atoms with van der Waals surface area (Å²) in [7, 11) is 1.84. The van der Waals surface area contributed by atoms with Crippen molar-refractivity contribution in [3.63, 3.8) is 0 Å². The predicted octanol–water partition coefficient (Wildman–Crippen LogP) is 2.33. The number of nitrogens with zero attached hydrogens (tertiary/aromatic N) is 5. The summed E-state index contributed by atoms with van der Waals surface area (Å²) in [6.45, 7) is 2.44. The molecule has 0 N–H and O–H groups in total. The highest BCUT2D eigenvalue weighted by Crippen LogP contribution is 2.30. The number of halogens is 1. The van der Waals surface area contributed by atoms with Gasteiger partial charge in [0, 0.05) is 31.8 Å². The minimum absolute atomic E-state index is 0.182. The molecule has 0 radical (unpaired) electrons. The lowest BCUT2D eigenvalue weighted by atomic mass is 10.2. The van der Waals surface area contributed by atoms with Crippen LogP contribution in [0.1, 0.15) is 22.0 Å². The quantitative estimate of drug-likeness (QED) is 0.684. The molecule has 1 aliphatic heterocycles. The van der Waals surface area contributed by atoms with Crippen molar-refractivity contribution in [1.82, 2.24) is 19.6 Å². The van der Waals surface area contributed by atoms with Gasteiger partial charge in [0.25, 0.3) is 5.91 Å². The van der Waals surface area contributed by atoms with Crippen LogP contribution in [-0.2, 0) is 6.42 Å². The van der Waals surface area contributed by atoms with E-state index in [0.717, 1.165) is 17.2 Å². The van der Waals surface area contributed by atoms with Crippen LogP contribution in [0.15, 0.2) is 28.9 Å². The van der Waals surface area contributed by atoms with Crippen molar-refractivity contribution in [1.29, 1.82) is 0 Å². The molecule has 8 heteroatoms. The standard InChI is InChI=1S/C15H14ClN5O2/c1-9-5-12-13(23-9)3-4-21(19(12)2)15(22)11-6-14-17-7-10(16)8-20(14)18-11/h5-8H,3-4H2,1-2H3. The normalized spacial score (nSPS) is 14.4. The summed E-state index contributed by atoms with van der Waals surface area (Å²) >= 11 is 5.90. The number of fused-ring (bicyclic) bond motifs is 2. The van der Waals surface area contributed by atoms with Crippen LogP contribution in [0.4, 0.5) is 5.69 Å². The van der Waals surface area contributed by atoms with Gasteiger partial charge in [0.1, 0.15) is 11.5 Å². The van der Waals surface area contributed by atoms with Crippen LogP contribution < -0.4 is 5.01 Å². The zero-order valence-corrected chi connectivity index (χ0v) is 13.4. The summed E-state index contributed by atoms with van der Waals surface area (Å²) in [5.41, 5.74) is 1.82. The van der Waals surface area contributed by atoms with Crippen LogP contribution in [0.25, 0.3) is 5.65 Å². The molecule has 4 rings (SSSR count). The van der Waals surface area contributed by atoms with Crippen molar-refractivity contribution in [3.8, 4) is 0 Å². The van der Waals surface area contributed by atoms with Gasteiger partial charge in [-0.1, -0.05) is 11.6 Å². The Morgan fingerprint density at radius 2 is 2.22 bits per heavy atom. The monoisotopic (exact) mass is 331 g/mol. The third-order valence-electron chi connectivity index (χ3n) is 3.91. The van der Waals surface area contributed by atoms with Crippen LogP contribution in [0.2, 0.25) is 5.02 Å². The minimum Gasteiger partial charge on any atom is -0.464 e. The lowest BCUT2D eigenvalue weighted by Gasteiger charge is -2.35. The van der Waals surface area contributed by atoms with Crippen LogP contribution >= 0.6 is 11.6 Å². The average molecular weight is 332 g/mol. The Balaban J connectivity index is 1.68. The molecule has 0 saturated carbocycles. The first-order valence-electron chi connectivity index (χ1n) is 7.18. The molecule has 3 aromatic rings. The van der Waals surface area contributed by atoms with Gasteiger partial charge in [-0.05, 0) is 6.92 Å². The molecule has 0 bridgehead atoms. The number of rotatable bonds is 1. The third-order valence-corrected chi connectivity index (χ3v) is 4.10. The van der Waals surface area contributed by atoms with Gasteiger partial charge >= 0.3 is 0 Å². The van der Waals surface area contributed by atoms with Gasteiger partial charge in [-0.25, -0.2) is 14.5 Å². The fourth-order valence-electron chi connectivity index (χ4n) is 2.82. The fraction of sp³-hybridized carbons (Fsp3) is 0.267. The maximum absolute atomic E-state index is 12.8. The zero-order valence-electron chi connectivity index (χ0n) is 12.7. The van der Waals surface area contributed by atoms with Crippen molar-refractivity contribution in [2.75, 3.05) is 18.6 Å². The Labute approximate surface area is 137 Å². The van der Waals surface area contributed by atoms with E-state index in [-0.39, 0.29) is 5.91 Å². The number of aryl methyl sites for hydroxylation is 1. The van der Waals surface area contributed by atoms with Gasteiger partial charge < -0.3 is 4.42 Å². The molecule has 118 valence electrons. The Kier molecular flexibility index (Phi) is 3.05. The zero-order chi connectivity index (χ0) is 16.1. The lowest BCUT2D eigenvalue weighted by Crippen LogP contribution is -2.48. The molecule has 1 amide bonds. The second kappa shape index (κ2) is 4.99. The fourth-order valence-corrected chi connectivity index (χ4v) is 2.96. The molecular weight excluding hydrogens is 318 g/mol. The van der Waals surface area contributed by atoms with Gasteiger partial charge in [-0.2, -0.15) is 5.10 Å². The maximum Gasteiger partial charge on any atom is 0.292 e. The molecule has 0 aromatic carbocycles. The first kappa shape index (κ1) is 14.1. The SMILES string of the molecule is Cc1cc2c(o1)CCN(C(=O)c1cc3ncc(Cl)cn3n1)N2C. The van der Waals surface area contributed by atoms with E-state index in [0.29, 0.717) is 29.3 Å². The molecule has 0 aliphatic carbocycles. The predicted molar refractivity (Wildman–Crippen MR) is 84.6 cm³/mol. The number of hydrazine groups is 1. The highest BCUT2D eigenvalue weighted by Gasteiger charge is 2.30. The van der Waals surface area contributed by atoms with Crippen LogP contribution in [0.5, 0.6) is 0 Å². The largest absolute Gasteiger partial charge is 0.464 e. The molecule has 0 fully saturated rings. The van der Waals surface area contributed by atoms with E-state index in [1.807, 2.05) is 25.0 Å². The number of amides is 1. The van der Waals surface area contributed by atoms with Gasteiger partial charge in [-0.15, -0.1) is 0 Å². The average Bonchev–Trinajstić information content (AvgIpc) is 3.09. The van der Waals surface area contributed by atoms with E-state index in [1.54, 1.807) is 17.3 Å². The topological polar surface area (TPSA) is 66.9 Å². The molecule has 0 spiro atoms. The molecule has 1 aliphatic rings. The first-order valence-corrected chi connectivity index (χ1v) is 7.56. The summed E-state index contributed by atoms with van der Waals surface area (Å²) in [5, 5.41) is 8.20. The van der Waals surface area contributed by atoms with E-state index in [1.165, 1.54) is 10.7 Å². The highest BCUT2D eigenvalue weighted by atomic mass is 35.5. The van der Waals surface area contributed by atoms with E-state index in [4.69, 9.17) is 16.0 Å². The molecule has 0 saturated heterocycles. The van der Waals surface area contributed by atoms with E-state index >= 15 is 0 Å². The molecule has 3 aromatic heterocycles. The number of carbonyl (C=O) groups excluding carboxylic acids is 1. The van der Waals surface area contributed by atoms with Crippen molar-refractivity contribution >= 4 is 28.8 Å². The van der Waals surface area contributed by atoms with Gasteiger partial charge in [0.15, 0.2) is 11.3 Å². The second-order valence-electron chi connectivity index (χ2n) is 5.47. The number of carbonyl (C=O) groups is 1. The van der Waals surface area contributed by atoms with Gasteiger partial charge in [0.05, 0.1) is 23.5 Å². The van der Waals surface area contributed by atoms with E-state index in [2.05, 4.69) is 10.1 Å². The van der Waals surface area contributed by atoms with E-state index in [9.17, 15) is 4.79 Å². The Hall–Kier alpha value is -2.54.